The molecular formula is C23H24N4O2. The lowest BCUT2D eigenvalue weighted by atomic mass is 9.88. The number of hydrogen-bond donors (Lipinski definition) is 2. The van der Waals surface area contributed by atoms with Crippen molar-refractivity contribution >= 4 is 10.9 Å². The van der Waals surface area contributed by atoms with Gasteiger partial charge < -0.3 is 15.1 Å². The summed E-state index contributed by atoms with van der Waals surface area (Å²) in [5, 5.41) is 38.7. The van der Waals surface area contributed by atoms with Crippen LogP contribution in [-0.2, 0) is 0 Å². The van der Waals surface area contributed by atoms with E-state index in [1.165, 1.54) is 11.6 Å². The Kier molecular flexibility index (Phi) is 5.43. The van der Waals surface area contributed by atoms with Crippen LogP contribution in [0.5, 0.6) is 5.75 Å². The van der Waals surface area contributed by atoms with Gasteiger partial charge >= 0.3 is 0 Å². The molecule has 0 amide bonds. The maximum Gasteiger partial charge on any atom is 0.126 e. The smallest absolute Gasteiger partial charge is 0.126 e. The molecule has 2 aromatic carbocycles. The van der Waals surface area contributed by atoms with Crippen molar-refractivity contribution in [1.82, 2.24) is 15.1 Å². The number of phenolic OH excluding ortho intramolecular Hbond substituents is 1. The Morgan fingerprint density at radius 3 is 2.86 bits per heavy atom. The zero-order valence-corrected chi connectivity index (χ0v) is 16.5. The van der Waals surface area contributed by atoms with Gasteiger partial charge in [0.25, 0.3) is 0 Å². The minimum absolute atomic E-state index is 0.0314. The van der Waals surface area contributed by atoms with Crippen molar-refractivity contribution in [1.29, 1.82) is 5.26 Å². The zero-order valence-electron chi connectivity index (χ0n) is 16.5. The van der Waals surface area contributed by atoms with Crippen LogP contribution < -0.4 is 0 Å². The molecule has 0 saturated carbocycles. The minimum atomic E-state index is 0.0314. The van der Waals surface area contributed by atoms with E-state index in [9.17, 15) is 10.2 Å². The van der Waals surface area contributed by atoms with E-state index in [2.05, 4.69) is 27.2 Å². The number of aliphatic hydroxyl groups is 1. The molecule has 4 rings (SSSR count). The highest BCUT2D eigenvalue weighted by Gasteiger charge is 2.24. The monoisotopic (exact) mass is 388 g/mol. The Morgan fingerprint density at radius 1 is 1.24 bits per heavy atom. The van der Waals surface area contributed by atoms with Gasteiger partial charge in [0, 0.05) is 24.0 Å². The number of piperidine rings is 1. The van der Waals surface area contributed by atoms with E-state index < -0.39 is 0 Å². The molecule has 0 spiro atoms. The molecule has 1 atom stereocenters. The standard InChI is InChI=1S/C23H24N4O2/c1-15-18-5-2-6-19(17-4-3-9-27(14-17)10-11-28)23(18)26-25-22(15)20-8-7-16(13-24)12-21(20)29/h2,5-8,12,17,28-29H,3-4,9-11,14H2,1H3/t17-/m1/s1. The summed E-state index contributed by atoms with van der Waals surface area (Å²) in [6, 6.07) is 13.1. The third-order valence-electron chi connectivity index (χ3n) is 5.82. The first-order valence-electron chi connectivity index (χ1n) is 9.95. The lowest BCUT2D eigenvalue weighted by Gasteiger charge is -2.32. The van der Waals surface area contributed by atoms with E-state index in [0.717, 1.165) is 42.4 Å². The summed E-state index contributed by atoms with van der Waals surface area (Å²) < 4.78 is 0. The highest BCUT2D eigenvalue weighted by molar-refractivity contribution is 5.89. The highest BCUT2D eigenvalue weighted by Crippen LogP contribution is 2.36. The van der Waals surface area contributed by atoms with Crippen LogP contribution in [0.15, 0.2) is 36.4 Å². The normalized spacial score (nSPS) is 17.3. The molecule has 2 heterocycles. The third kappa shape index (κ3) is 3.67. The van der Waals surface area contributed by atoms with Crippen LogP contribution >= 0.6 is 0 Å². The van der Waals surface area contributed by atoms with Gasteiger partial charge in [-0.05, 0) is 61.6 Å². The van der Waals surface area contributed by atoms with Crippen LogP contribution in [0.3, 0.4) is 0 Å². The molecule has 0 radical (unpaired) electrons. The molecule has 0 aliphatic carbocycles. The van der Waals surface area contributed by atoms with E-state index in [4.69, 9.17) is 5.26 Å². The maximum absolute atomic E-state index is 10.4. The lowest BCUT2D eigenvalue weighted by Crippen LogP contribution is -2.36. The summed E-state index contributed by atoms with van der Waals surface area (Å²) in [5.41, 5.74) is 4.66. The van der Waals surface area contributed by atoms with Gasteiger partial charge in [-0.2, -0.15) is 5.26 Å². The molecule has 1 aromatic heterocycles. The van der Waals surface area contributed by atoms with Crippen LogP contribution in [0.2, 0.25) is 0 Å². The second-order valence-electron chi connectivity index (χ2n) is 7.62. The zero-order chi connectivity index (χ0) is 20.4. The fourth-order valence-electron chi connectivity index (χ4n) is 4.32. The van der Waals surface area contributed by atoms with Crippen molar-refractivity contribution in [2.24, 2.45) is 0 Å². The van der Waals surface area contributed by atoms with Gasteiger partial charge in [0.05, 0.1) is 23.8 Å². The van der Waals surface area contributed by atoms with E-state index in [1.54, 1.807) is 12.1 Å². The number of nitriles is 1. The molecule has 0 unspecified atom stereocenters. The maximum atomic E-state index is 10.4. The van der Waals surface area contributed by atoms with Crippen LogP contribution in [-0.4, -0.2) is 51.6 Å². The Bertz CT molecular complexity index is 1090. The number of phenols is 1. The Hall–Kier alpha value is -3.01. The number of hydrogen-bond acceptors (Lipinski definition) is 6. The van der Waals surface area contributed by atoms with Crippen molar-refractivity contribution < 1.29 is 10.2 Å². The summed E-state index contributed by atoms with van der Waals surface area (Å²) >= 11 is 0. The second-order valence-corrected chi connectivity index (χ2v) is 7.62. The predicted molar refractivity (Wildman–Crippen MR) is 112 cm³/mol. The average molecular weight is 388 g/mol. The third-order valence-corrected chi connectivity index (χ3v) is 5.82. The molecule has 1 fully saturated rings. The molecule has 2 N–H and O–H groups in total. The van der Waals surface area contributed by atoms with Gasteiger partial charge in [0.1, 0.15) is 11.4 Å². The van der Waals surface area contributed by atoms with Crippen molar-refractivity contribution in [2.75, 3.05) is 26.2 Å². The predicted octanol–water partition coefficient (Wildman–Crippen LogP) is 3.35. The molecule has 6 nitrogen and oxygen atoms in total. The average Bonchev–Trinajstić information content (AvgIpc) is 2.74. The van der Waals surface area contributed by atoms with Crippen LogP contribution in [0.4, 0.5) is 0 Å². The van der Waals surface area contributed by atoms with Gasteiger partial charge in [-0.25, -0.2) is 0 Å². The topological polar surface area (TPSA) is 93.3 Å². The highest BCUT2D eigenvalue weighted by atomic mass is 16.3. The number of nitrogens with zero attached hydrogens (tertiary/aromatic N) is 4. The first kappa shape index (κ1) is 19.3. The molecule has 3 aromatic rings. The molecule has 6 heteroatoms. The fraction of sp³-hybridized carbons (Fsp3) is 0.348. The SMILES string of the molecule is Cc1c(-c2ccc(C#N)cc2O)nnc2c([C@@H]3CCCN(CCO)C3)cccc12. The van der Waals surface area contributed by atoms with Crippen LogP contribution in [0, 0.1) is 18.3 Å². The Balaban J connectivity index is 1.76. The van der Waals surface area contributed by atoms with E-state index in [-0.39, 0.29) is 12.4 Å². The van der Waals surface area contributed by atoms with E-state index in [0.29, 0.717) is 29.3 Å². The second kappa shape index (κ2) is 8.16. The quantitative estimate of drug-likeness (QED) is 0.712. The molecule has 1 aliphatic heterocycles. The molecule has 1 aliphatic rings. The van der Waals surface area contributed by atoms with Crippen molar-refractivity contribution in [3.05, 3.63) is 53.1 Å². The minimum Gasteiger partial charge on any atom is -0.507 e. The Labute approximate surface area is 170 Å². The fourth-order valence-corrected chi connectivity index (χ4v) is 4.32. The number of likely N-dealkylation sites (tertiary alicyclic amines) is 1. The van der Waals surface area contributed by atoms with E-state index >= 15 is 0 Å². The molecule has 148 valence electrons. The summed E-state index contributed by atoms with van der Waals surface area (Å²) in [7, 11) is 0. The van der Waals surface area contributed by atoms with Gasteiger partial charge in [-0.3, -0.25) is 0 Å². The summed E-state index contributed by atoms with van der Waals surface area (Å²) in [6.45, 7) is 4.81. The van der Waals surface area contributed by atoms with E-state index in [1.807, 2.05) is 19.1 Å². The number of aliphatic hydroxyl groups excluding tert-OH is 1. The number of aromatic hydroxyl groups is 1. The van der Waals surface area contributed by atoms with Crippen LogP contribution in [0.25, 0.3) is 22.2 Å². The summed E-state index contributed by atoms with van der Waals surface area (Å²) in [5.74, 6) is 0.394. The van der Waals surface area contributed by atoms with Crippen molar-refractivity contribution in [2.45, 2.75) is 25.7 Å². The number of aryl methyl sites for hydroxylation is 1. The first-order valence-corrected chi connectivity index (χ1v) is 9.95. The number of aromatic nitrogens is 2. The Morgan fingerprint density at radius 2 is 2.10 bits per heavy atom. The number of β-amino-alcohol motifs (C(OH)–C–C–N with tert-alkyl or cyclic N) is 1. The van der Waals surface area contributed by atoms with Crippen molar-refractivity contribution in [3.63, 3.8) is 0 Å². The molecule has 0 bridgehead atoms. The number of rotatable bonds is 4. The first-order chi connectivity index (χ1) is 14.1. The van der Waals surface area contributed by atoms with Crippen molar-refractivity contribution in [3.8, 4) is 23.1 Å². The largest absolute Gasteiger partial charge is 0.507 e. The van der Waals surface area contributed by atoms with Gasteiger partial charge in [0.15, 0.2) is 0 Å². The summed E-state index contributed by atoms with van der Waals surface area (Å²) in [6.07, 6.45) is 2.20. The molecule has 29 heavy (non-hydrogen) atoms. The number of benzene rings is 2. The van der Waals surface area contributed by atoms with Gasteiger partial charge in [-0.1, -0.05) is 18.2 Å². The molecule has 1 saturated heterocycles. The van der Waals surface area contributed by atoms with Gasteiger partial charge in [-0.15, -0.1) is 10.2 Å². The van der Waals surface area contributed by atoms with Gasteiger partial charge in [0.2, 0.25) is 0 Å². The number of fused-ring (bicyclic) bond motifs is 1. The van der Waals surface area contributed by atoms with Crippen LogP contribution in [0.1, 0.15) is 35.4 Å². The lowest BCUT2D eigenvalue weighted by molar-refractivity contribution is 0.161. The summed E-state index contributed by atoms with van der Waals surface area (Å²) in [4.78, 5) is 2.30. The molecular weight excluding hydrogens is 364 g/mol.